The van der Waals surface area contributed by atoms with Gasteiger partial charge in [-0.1, -0.05) is 66.8 Å². The average Bonchev–Trinajstić information content (AvgIpc) is 2.98. The second-order valence-electron chi connectivity index (χ2n) is 5.87. The van der Waals surface area contributed by atoms with Crippen molar-refractivity contribution in [3.63, 3.8) is 0 Å². The van der Waals surface area contributed by atoms with E-state index in [1.807, 2.05) is 66.8 Å². The first-order valence-corrected chi connectivity index (χ1v) is 8.21. The molecule has 2 aliphatic rings. The lowest BCUT2D eigenvalue weighted by Crippen LogP contribution is -2.26. The van der Waals surface area contributed by atoms with Gasteiger partial charge < -0.3 is 9.84 Å². The van der Waals surface area contributed by atoms with Crippen molar-refractivity contribution in [2.75, 3.05) is 33.4 Å². The smallest absolute Gasteiger partial charge is 0.308 e. The van der Waals surface area contributed by atoms with Crippen LogP contribution in [0.5, 0.6) is 0 Å². The Morgan fingerprint density at radius 2 is 1.71 bits per heavy atom. The number of hydrogen-bond acceptors (Lipinski definition) is 3. The monoisotopic (exact) mass is 327 g/mol. The number of ether oxygens (including phenoxy) is 1. The molecular formula is C20H25NO3. The molecule has 24 heavy (non-hydrogen) atoms. The fourth-order valence-electron chi connectivity index (χ4n) is 2.96. The van der Waals surface area contributed by atoms with E-state index in [1.165, 1.54) is 0 Å². The number of rotatable bonds is 5. The Kier molecular flexibility index (Phi) is 7.46. The molecule has 1 aliphatic carbocycles. The highest BCUT2D eigenvalue weighted by Gasteiger charge is 2.38. The molecule has 1 saturated heterocycles. The van der Waals surface area contributed by atoms with Crippen molar-refractivity contribution in [3.05, 3.63) is 72.4 Å². The van der Waals surface area contributed by atoms with Gasteiger partial charge in [0.05, 0.1) is 12.5 Å². The molecule has 4 nitrogen and oxygen atoms in total. The number of allylic oxidation sites excluding steroid dienone is 11. The zero-order chi connectivity index (χ0) is 17.2. The Morgan fingerprint density at radius 1 is 1.08 bits per heavy atom. The summed E-state index contributed by atoms with van der Waals surface area (Å²) in [4.78, 5) is 13.9. The van der Waals surface area contributed by atoms with Crippen LogP contribution < -0.4 is 0 Å². The van der Waals surface area contributed by atoms with E-state index in [9.17, 15) is 9.90 Å². The van der Waals surface area contributed by atoms with Crippen LogP contribution in [-0.4, -0.2) is 49.3 Å². The molecule has 0 amide bonds. The molecule has 0 radical (unpaired) electrons. The van der Waals surface area contributed by atoms with Crippen LogP contribution in [0.4, 0.5) is 0 Å². The molecule has 0 aromatic heterocycles. The van der Waals surface area contributed by atoms with Crippen LogP contribution in [0, 0.1) is 11.8 Å². The van der Waals surface area contributed by atoms with Crippen molar-refractivity contribution in [2.24, 2.45) is 11.8 Å². The number of nitrogens with zero attached hydrogens (tertiary/aromatic N) is 1. The van der Waals surface area contributed by atoms with Gasteiger partial charge >= 0.3 is 5.97 Å². The van der Waals surface area contributed by atoms with Crippen molar-refractivity contribution in [1.82, 2.24) is 4.90 Å². The van der Waals surface area contributed by atoms with E-state index >= 15 is 0 Å². The second kappa shape index (κ2) is 9.85. The fourth-order valence-corrected chi connectivity index (χ4v) is 2.96. The lowest BCUT2D eigenvalue weighted by molar-refractivity contribution is -0.142. The minimum atomic E-state index is -0.734. The topological polar surface area (TPSA) is 49.8 Å². The number of carbonyl (C=O) groups is 1. The van der Waals surface area contributed by atoms with Crippen LogP contribution in [0.1, 0.15) is 0 Å². The number of carboxylic acid groups (broad SMARTS) is 1. The van der Waals surface area contributed by atoms with Gasteiger partial charge in [-0.3, -0.25) is 9.69 Å². The molecule has 0 aromatic rings. The van der Waals surface area contributed by atoms with Gasteiger partial charge in [-0.05, 0) is 5.57 Å². The van der Waals surface area contributed by atoms with E-state index in [0.717, 1.165) is 18.7 Å². The lowest BCUT2D eigenvalue weighted by Gasteiger charge is -2.16. The summed E-state index contributed by atoms with van der Waals surface area (Å²) in [5.41, 5.74) is 1.04. The SMILES string of the molecule is COCCN1CC(C2=C\C=C/C=C\C=C/C=C\C=C2)[C@@H](C(=O)O)C1. The largest absolute Gasteiger partial charge is 0.481 e. The van der Waals surface area contributed by atoms with E-state index in [2.05, 4.69) is 4.90 Å². The van der Waals surface area contributed by atoms with E-state index in [4.69, 9.17) is 4.74 Å². The Balaban J connectivity index is 2.21. The van der Waals surface area contributed by atoms with E-state index in [0.29, 0.717) is 13.2 Å². The first kappa shape index (κ1) is 18.2. The van der Waals surface area contributed by atoms with Gasteiger partial charge in [0.15, 0.2) is 0 Å². The van der Waals surface area contributed by atoms with Crippen LogP contribution in [0.2, 0.25) is 0 Å². The summed E-state index contributed by atoms with van der Waals surface area (Å²) < 4.78 is 5.12. The van der Waals surface area contributed by atoms with Crippen molar-refractivity contribution in [1.29, 1.82) is 0 Å². The number of carboxylic acids is 1. The van der Waals surface area contributed by atoms with Gasteiger partial charge in [-0.15, -0.1) is 0 Å². The summed E-state index contributed by atoms with van der Waals surface area (Å²) in [6.45, 7) is 2.69. The van der Waals surface area contributed by atoms with Gasteiger partial charge in [0, 0.05) is 32.7 Å². The molecule has 1 fully saturated rings. The van der Waals surface area contributed by atoms with Gasteiger partial charge in [-0.25, -0.2) is 0 Å². The zero-order valence-corrected chi connectivity index (χ0v) is 14.0. The molecule has 2 rings (SSSR count). The molecular weight excluding hydrogens is 302 g/mol. The summed E-state index contributed by atoms with van der Waals surface area (Å²) in [6.07, 6.45) is 21.7. The number of hydrogen-bond donors (Lipinski definition) is 1. The van der Waals surface area contributed by atoms with Crippen LogP contribution in [0.15, 0.2) is 72.4 Å². The summed E-state index contributed by atoms with van der Waals surface area (Å²) in [5.74, 6) is -1.14. The summed E-state index contributed by atoms with van der Waals surface area (Å²) in [7, 11) is 1.67. The minimum absolute atomic E-state index is 0.0175. The molecule has 1 N–H and O–H groups in total. The molecule has 1 heterocycles. The Labute approximate surface area is 143 Å². The van der Waals surface area contributed by atoms with Crippen LogP contribution in [-0.2, 0) is 9.53 Å². The Bertz CT molecular complexity index is 596. The second-order valence-corrected chi connectivity index (χ2v) is 5.87. The number of likely N-dealkylation sites (tertiary alicyclic amines) is 1. The van der Waals surface area contributed by atoms with Crippen molar-refractivity contribution < 1.29 is 14.6 Å². The first-order chi connectivity index (χ1) is 11.7. The molecule has 128 valence electrons. The van der Waals surface area contributed by atoms with Gasteiger partial charge in [-0.2, -0.15) is 0 Å². The van der Waals surface area contributed by atoms with Crippen molar-refractivity contribution in [2.45, 2.75) is 0 Å². The molecule has 0 bridgehead atoms. The maximum Gasteiger partial charge on any atom is 0.308 e. The van der Waals surface area contributed by atoms with Crippen molar-refractivity contribution in [3.8, 4) is 0 Å². The van der Waals surface area contributed by atoms with Crippen LogP contribution in [0.3, 0.4) is 0 Å². The normalized spacial score (nSPS) is 30.0. The third-order valence-electron chi connectivity index (χ3n) is 4.22. The quantitative estimate of drug-likeness (QED) is 0.843. The van der Waals surface area contributed by atoms with Crippen LogP contribution >= 0.6 is 0 Å². The summed E-state index contributed by atoms with van der Waals surface area (Å²) in [6, 6.07) is 0. The standard InChI is InChI=1S/C20H25NO3/c1-24-14-13-21-15-18(19(16-21)20(22)23)17-11-9-7-5-3-2-4-6-8-10-12-17/h2-12,18-19H,13-16H2,1H3,(H,22,23)/b3-2-,4-2?,5-3?,6-4-,7-5-,8-6?,9-7?,10-8-,11-9?,12-10?,17-11?,17-12?/t18?,19-/m0/s1. The maximum absolute atomic E-state index is 11.7. The van der Waals surface area contributed by atoms with Gasteiger partial charge in [0.1, 0.15) is 0 Å². The maximum atomic E-state index is 11.7. The molecule has 1 unspecified atom stereocenters. The number of aliphatic carboxylic acids is 1. The zero-order valence-electron chi connectivity index (χ0n) is 14.0. The Morgan fingerprint density at radius 3 is 2.33 bits per heavy atom. The lowest BCUT2D eigenvalue weighted by atomic mass is 9.88. The molecule has 0 aromatic carbocycles. The molecule has 4 heteroatoms. The average molecular weight is 327 g/mol. The Hall–Kier alpha value is -2.17. The third-order valence-corrected chi connectivity index (χ3v) is 4.22. The van der Waals surface area contributed by atoms with E-state index in [-0.39, 0.29) is 5.92 Å². The minimum Gasteiger partial charge on any atom is -0.481 e. The molecule has 0 saturated carbocycles. The highest BCUT2D eigenvalue weighted by molar-refractivity contribution is 5.72. The predicted octanol–water partition coefficient (Wildman–Crippen LogP) is 2.99. The van der Waals surface area contributed by atoms with Gasteiger partial charge in [0.25, 0.3) is 0 Å². The van der Waals surface area contributed by atoms with E-state index < -0.39 is 11.9 Å². The van der Waals surface area contributed by atoms with Crippen molar-refractivity contribution >= 4 is 5.97 Å². The van der Waals surface area contributed by atoms with E-state index in [1.54, 1.807) is 7.11 Å². The predicted molar refractivity (Wildman–Crippen MR) is 96.7 cm³/mol. The van der Waals surface area contributed by atoms with Crippen LogP contribution in [0.25, 0.3) is 0 Å². The highest BCUT2D eigenvalue weighted by Crippen LogP contribution is 2.31. The third kappa shape index (κ3) is 5.48. The summed E-state index contributed by atoms with van der Waals surface area (Å²) >= 11 is 0. The molecule has 2 atom stereocenters. The first-order valence-electron chi connectivity index (χ1n) is 8.21. The number of methoxy groups -OCH3 is 1. The summed E-state index contributed by atoms with van der Waals surface area (Å²) in [5, 5.41) is 9.60. The highest BCUT2D eigenvalue weighted by atomic mass is 16.5. The molecule has 0 spiro atoms. The fraction of sp³-hybridized carbons (Fsp3) is 0.350. The molecule has 1 aliphatic heterocycles. The van der Waals surface area contributed by atoms with Gasteiger partial charge in [0.2, 0.25) is 0 Å².